The molecule has 25 heavy (non-hydrogen) atoms. The van der Waals surface area contributed by atoms with E-state index in [1.54, 1.807) is 7.05 Å². The van der Waals surface area contributed by atoms with Crippen LogP contribution in [0.25, 0.3) is 0 Å². The molecular formula is C20H26N4O. The summed E-state index contributed by atoms with van der Waals surface area (Å²) >= 11 is 0. The van der Waals surface area contributed by atoms with Gasteiger partial charge in [0.05, 0.1) is 0 Å². The Hall–Kier alpha value is -2.82. The minimum atomic E-state index is -0.0413. The SMILES string of the molecule is CCNC(=O)c1ccc(CNC(=NC)N(C)Cc2ccccc2)cc1. The first-order valence-electron chi connectivity index (χ1n) is 8.47. The first kappa shape index (κ1) is 18.5. The Kier molecular flexibility index (Phi) is 7.01. The molecule has 5 nitrogen and oxygen atoms in total. The summed E-state index contributed by atoms with van der Waals surface area (Å²) in [5, 5.41) is 6.15. The number of benzene rings is 2. The van der Waals surface area contributed by atoms with E-state index in [4.69, 9.17) is 0 Å². The molecule has 0 bridgehead atoms. The molecule has 0 aliphatic carbocycles. The van der Waals surface area contributed by atoms with E-state index in [1.165, 1.54) is 5.56 Å². The van der Waals surface area contributed by atoms with Crippen molar-refractivity contribution in [1.82, 2.24) is 15.5 Å². The number of hydrogen-bond donors (Lipinski definition) is 2. The fourth-order valence-electron chi connectivity index (χ4n) is 2.53. The second kappa shape index (κ2) is 9.47. The summed E-state index contributed by atoms with van der Waals surface area (Å²) < 4.78 is 0. The van der Waals surface area contributed by atoms with Gasteiger partial charge < -0.3 is 15.5 Å². The molecule has 0 aliphatic rings. The summed E-state index contributed by atoms with van der Waals surface area (Å²) in [7, 11) is 3.79. The highest BCUT2D eigenvalue weighted by Crippen LogP contribution is 2.06. The molecule has 2 rings (SSSR count). The van der Waals surface area contributed by atoms with Crippen LogP contribution in [0.3, 0.4) is 0 Å². The summed E-state index contributed by atoms with van der Waals surface area (Å²) in [4.78, 5) is 18.2. The van der Waals surface area contributed by atoms with E-state index < -0.39 is 0 Å². The zero-order chi connectivity index (χ0) is 18.1. The normalized spacial score (nSPS) is 11.1. The maximum absolute atomic E-state index is 11.8. The lowest BCUT2D eigenvalue weighted by molar-refractivity contribution is 0.0956. The van der Waals surface area contributed by atoms with E-state index in [0.717, 1.165) is 18.1 Å². The standard InChI is InChI=1S/C20H26N4O/c1-4-22-19(25)18-12-10-16(11-13-18)14-23-20(21-2)24(3)15-17-8-6-5-7-9-17/h5-13H,4,14-15H2,1-3H3,(H,21,23)(H,22,25). The molecule has 0 saturated carbocycles. The summed E-state index contributed by atoms with van der Waals surface area (Å²) in [5.74, 6) is 0.789. The van der Waals surface area contributed by atoms with Crippen molar-refractivity contribution in [3.05, 3.63) is 71.3 Å². The number of nitrogens with one attached hydrogen (secondary N) is 2. The summed E-state index contributed by atoms with van der Waals surface area (Å²) in [5.41, 5.74) is 3.01. The van der Waals surface area contributed by atoms with Gasteiger partial charge in [0.25, 0.3) is 5.91 Å². The van der Waals surface area contributed by atoms with Gasteiger partial charge in [-0.3, -0.25) is 9.79 Å². The highest BCUT2D eigenvalue weighted by molar-refractivity contribution is 5.94. The van der Waals surface area contributed by atoms with Gasteiger partial charge in [0.1, 0.15) is 0 Å². The monoisotopic (exact) mass is 338 g/mol. The molecular weight excluding hydrogens is 312 g/mol. The van der Waals surface area contributed by atoms with Crippen LogP contribution < -0.4 is 10.6 Å². The van der Waals surface area contributed by atoms with Crippen LogP contribution in [0, 0.1) is 0 Å². The van der Waals surface area contributed by atoms with Gasteiger partial charge >= 0.3 is 0 Å². The maximum Gasteiger partial charge on any atom is 0.251 e. The van der Waals surface area contributed by atoms with Crippen LogP contribution in [-0.2, 0) is 13.1 Å². The van der Waals surface area contributed by atoms with Crippen LogP contribution in [0.2, 0.25) is 0 Å². The Morgan fingerprint density at radius 3 is 2.28 bits per heavy atom. The van der Waals surface area contributed by atoms with Gasteiger partial charge in [0, 0.05) is 39.3 Å². The fraction of sp³-hybridized carbons (Fsp3) is 0.300. The van der Waals surface area contributed by atoms with Gasteiger partial charge in [-0.1, -0.05) is 42.5 Å². The van der Waals surface area contributed by atoms with Gasteiger partial charge in [0.15, 0.2) is 5.96 Å². The van der Waals surface area contributed by atoms with Crippen molar-refractivity contribution in [1.29, 1.82) is 0 Å². The molecule has 2 aromatic rings. The van der Waals surface area contributed by atoms with Crippen molar-refractivity contribution in [2.75, 3.05) is 20.6 Å². The molecule has 0 fully saturated rings. The number of aliphatic imine (C=N–C) groups is 1. The zero-order valence-corrected chi connectivity index (χ0v) is 15.1. The molecule has 5 heteroatoms. The Labute approximate surface area is 149 Å². The number of carbonyl (C=O) groups excluding carboxylic acids is 1. The van der Waals surface area contributed by atoms with E-state index in [1.807, 2.05) is 56.4 Å². The number of guanidine groups is 1. The lowest BCUT2D eigenvalue weighted by atomic mass is 10.1. The van der Waals surface area contributed by atoms with Crippen molar-refractivity contribution < 1.29 is 4.79 Å². The molecule has 0 saturated heterocycles. The van der Waals surface area contributed by atoms with Gasteiger partial charge in [-0.15, -0.1) is 0 Å². The molecule has 1 amide bonds. The topological polar surface area (TPSA) is 56.7 Å². The predicted molar refractivity (Wildman–Crippen MR) is 103 cm³/mol. The first-order valence-corrected chi connectivity index (χ1v) is 8.47. The lowest BCUT2D eigenvalue weighted by Gasteiger charge is -2.22. The Bertz CT molecular complexity index is 695. The quantitative estimate of drug-likeness (QED) is 0.629. The molecule has 0 atom stereocenters. The Morgan fingerprint density at radius 1 is 1.00 bits per heavy atom. The number of hydrogen-bond acceptors (Lipinski definition) is 2. The number of rotatable bonds is 6. The minimum absolute atomic E-state index is 0.0413. The molecule has 0 aromatic heterocycles. The average Bonchev–Trinajstić information content (AvgIpc) is 2.64. The van der Waals surface area contributed by atoms with E-state index in [0.29, 0.717) is 18.7 Å². The van der Waals surface area contributed by atoms with Gasteiger partial charge in [-0.25, -0.2) is 0 Å². The number of carbonyl (C=O) groups is 1. The second-order valence-corrected chi connectivity index (χ2v) is 5.80. The lowest BCUT2D eigenvalue weighted by Crippen LogP contribution is -2.38. The van der Waals surface area contributed by atoms with Crippen molar-refractivity contribution >= 4 is 11.9 Å². The average molecular weight is 338 g/mol. The molecule has 2 aromatic carbocycles. The Balaban J connectivity index is 1.91. The number of nitrogens with zero attached hydrogens (tertiary/aromatic N) is 2. The summed E-state index contributed by atoms with van der Waals surface area (Å²) in [6.07, 6.45) is 0. The Morgan fingerprint density at radius 2 is 1.68 bits per heavy atom. The van der Waals surface area contributed by atoms with Gasteiger partial charge in [0.2, 0.25) is 0 Å². The minimum Gasteiger partial charge on any atom is -0.352 e. The summed E-state index contributed by atoms with van der Waals surface area (Å²) in [6.45, 7) is 3.98. The first-order chi connectivity index (χ1) is 12.1. The third kappa shape index (κ3) is 5.64. The van der Waals surface area contributed by atoms with Gasteiger partial charge in [-0.2, -0.15) is 0 Å². The molecule has 0 heterocycles. The van der Waals surface area contributed by atoms with Gasteiger partial charge in [-0.05, 0) is 30.2 Å². The molecule has 2 N–H and O–H groups in total. The number of amides is 1. The van der Waals surface area contributed by atoms with Crippen LogP contribution >= 0.6 is 0 Å². The van der Waals surface area contributed by atoms with Crippen LogP contribution in [0.15, 0.2) is 59.6 Å². The smallest absolute Gasteiger partial charge is 0.251 e. The molecule has 0 aliphatic heterocycles. The highest BCUT2D eigenvalue weighted by Gasteiger charge is 2.07. The van der Waals surface area contributed by atoms with Crippen LogP contribution in [-0.4, -0.2) is 37.4 Å². The second-order valence-electron chi connectivity index (χ2n) is 5.80. The maximum atomic E-state index is 11.8. The van der Waals surface area contributed by atoms with Crippen LogP contribution in [0.5, 0.6) is 0 Å². The molecule has 0 radical (unpaired) electrons. The predicted octanol–water partition coefficient (Wildman–Crippen LogP) is 2.64. The van der Waals surface area contributed by atoms with E-state index >= 15 is 0 Å². The van der Waals surface area contributed by atoms with Crippen molar-refractivity contribution in [2.45, 2.75) is 20.0 Å². The van der Waals surface area contributed by atoms with Crippen molar-refractivity contribution in [3.63, 3.8) is 0 Å². The van der Waals surface area contributed by atoms with E-state index in [-0.39, 0.29) is 5.91 Å². The fourth-order valence-corrected chi connectivity index (χ4v) is 2.53. The third-order valence-electron chi connectivity index (χ3n) is 3.84. The third-order valence-corrected chi connectivity index (χ3v) is 3.84. The largest absolute Gasteiger partial charge is 0.352 e. The molecule has 0 spiro atoms. The molecule has 0 unspecified atom stereocenters. The van der Waals surface area contributed by atoms with Crippen molar-refractivity contribution in [2.24, 2.45) is 4.99 Å². The van der Waals surface area contributed by atoms with Crippen LogP contribution in [0.4, 0.5) is 0 Å². The summed E-state index contributed by atoms with van der Waals surface area (Å²) in [6, 6.07) is 17.9. The van der Waals surface area contributed by atoms with Crippen LogP contribution in [0.1, 0.15) is 28.4 Å². The zero-order valence-electron chi connectivity index (χ0n) is 15.1. The highest BCUT2D eigenvalue weighted by atomic mass is 16.1. The van der Waals surface area contributed by atoms with Crippen molar-refractivity contribution in [3.8, 4) is 0 Å². The molecule has 132 valence electrons. The van der Waals surface area contributed by atoms with E-state index in [9.17, 15) is 4.79 Å². The van der Waals surface area contributed by atoms with E-state index in [2.05, 4.69) is 32.7 Å².